The predicted molar refractivity (Wildman–Crippen MR) is 75.2 cm³/mol. The summed E-state index contributed by atoms with van der Waals surface area (Å²) in [6, 6.07) is 7.59. The Morgan fingerprint density at radius 1 is 1.33 bits per heavy atom. The van der Waals surface area contributed by atoms with E-state index in [0.29, 0.717) is 23.8 Å². The van der Waals surface area contributed by atoms with Gasteiger partial charge >= 0.3 is 0 Å². The highest BCUT2D eigenvalue weighted by Crippen LogP contribution is 2.26. The number of carbonyl (C=O) groups is 1. The van der Waals surface area contributed by atoms with Crippen molar-refractivity contribution in [3.63, 3.8) is 0 Å². The van der Waals surface area contributed by atoms with E-state index in [1.807, 2.05) is 54.6 Å². The van der Waals surface area contributed by atoms with Crippen LogP contribution in [-0.2, 0) is 7.05 Å². The predicted octanol–water partition coefficient (Wildman–Crippen LogP) is 3.31. The Labute approximate surface area is 112 Å². The fourth-order valence-electron chi connectivity index (χ4n) is 2.20. The number of hydrogen-bond donors (Lipinski definition) is 0. The summed E-state index contributed by atoms with van der Waals surface area (Å²) in [7, 11) is 1.90. The van der Waals surface area contributed by atoms with E-state index in [1.165, 1.54) is 0 Å². The maximum Gasteiger partial charge on any atom is 0.270 e. The summed E-state index contributed by atoms with van der Waals surface area (Å²) in [6.45, 7) is 5.39. The number of aryl methyl sites for hydroxylation is 1. The number of hydrogen-bond acceptors (Lipinski definition) is 1. The minimum atomic E-state index is 0.0507. The number of halogens is 1. The zero-order chi connectivity index (χ0) is 13.3. The van der Waals surface area contributed by atoms with Crippen molar-refractivity contribution in [2.75, 3.05) is 13.1 Å². The summed E-state index contributed by atoms with van der Waals surface area (Å²) >= 11 is 6.16. The van der Waals surface area contributed by atoms with Gasteiger partial charge in [-0.25, -0.2) is 0 Å². The van der Waals surface area contributed by atoms with E-state index in [9.17, 15) is 4.79 Å². The monoisotopic (exact) mass is 264 g/mol. The molecule has 1 heterocycles. The van der Waals surface area contributed by atoms with Gasteiger partial charge in [0, 0.05) is 36.1 Å². The van der Waals surface area contributed by atoms with E-state index in [0.717, 1.165) is 10.9 Å². The van der Waals surface area contributed by atoms with Crippen LogP contribution in [0.15, 0.2) is 24.3 Å². The van der Waals surface area contributed by atoms with Gasteiger partial charge in [0.2, 0.25) is 0 Å². The molecular formula is C14H17ClN2O. The summed E-state index contributed by atoms with van der Waals surface area (Å²) in [6.07, 6.45) is 0. The van der Waals surface area contributed by atoms with Gasteiger partial charge in [0.15, 0.2) is 0 Å². The first kappa shape index (κ1) is 13.0. The van der Waals surface area contributed by atoms with Gasteiger partial charge in [-0.3, -0.25) is 4.79 Å². The maximum atomic E-state index is 12.4. The highest BCUT2D eigenvalue weighted by atomic mass is 35.5. The number of fused-ring (bicyclic) bond motifs is 1. The Balaban J connectivity index is 2.55. The SMILES string of the molecule is CCN(CC)C(=O)c1cc2c(Cl)cccc2n1C. The number of carbonyl (C=O) groups excluding carboxylic acids is 1. The molecule has 3 nitrogen and oxygen atoms in total. The summed E-state index contributed by atoms with van der Waals surface area (Å²) in [5.74, 6) is 0.0507. The van der Waals surface area contributed by atoms with E-state index in [4.69, 9.17) is 11.6 Å². The standard InChI is InChI=1S/C14H17ClN2O/c1-4-17(5-2)14(18)13-9-10-11(15)7-6-8-12(10)16(13)3/h6-9H,4-5H2,1-3H3. The van der Waals surface area contributed by atoms with Gasteiger partial charge < -0.3 is 9.47 Å². The van der Waals surface area contributed by atoms with Gasteiger partial charge in [0.25, 0.3) is 5.91 Å². The van der Waals surface area contributed by atoms with Gasteiger partial charge in [-0.2, -0.15) is 0 Å². The molecule has 0 aliphatic rings. The van der Waals surface area contributed by atoms with Crippen molar-refractivity contribution >= 4 is 28.4 Å². The second kappa shape index (κ2) is 5.02. The molecule has 2 rings (SSSR count). The first-order valence-corrected chi connectivity index (χ1v) is 6.51. The van der Waals surface area contributed by atoms with E-state index in [1.54, 1.807) is 0 Å². The van der Waals surface area contributed by atoms with E-state index >= 15 is 0 Å². The lowest BCUT2D eigenvalue weighted by Crippen LogP contribution is -2.31. The van der Waals surface area contributed by atoms with Gasteiger partial charge in [0.05, 0.1) is 0 Å². The second-order valence-corrected chi connectivity index (χ2v) is 4.65. The van der Waals surface area contributed by atoms with Crippen LogP contribution in [0.1, 0.15) is 24.3 Å². The van der Waals surface area contributed by atoms with E-state index in [-0.39, 0.29) is 5.91 Å². The van der Waals surface area contributed by atoms with Crippen molar-refractivity contribution in [3.05, 3.63) is 35.0 Å². The minimum Gasteiger partial charge on any atom is -0.340 e. The van der Waals surface area contributed by atoms with Crippen molar-refractivity contribution in [2.24, 2.45) is 7.05 Å². The molecule has 2 aromatic rings. The van der Waals surface area contributed by atoms with Crippen LogP contribution in [0.5, 0.6) is 0 Å². The van der Waals surface area contributed by atoms with Crippen molar-refractivity contribution in [2.45, 2.75) is 13.8 Å². The third kappa shape index (κ3) is 1.99. The number of aromatic nitrogens is 1. The van der Waals surface area contributed by atoms with Crippen LogP contribution in [0.25, 0.3) is 10.9 Å². The van der Waals surface area contributed by atoms with Gasteiger partial charge in [0.1, 0.15) is 5.69 Å². The van der Waals surface area contributed by atoms with Crippen LogP contribution >= 0.6 is 11.6 Å². The molecule has 0 N–H and O–H groups in total. The summed E-state index contributed by atoms with van der Waals surface area (Å²) in [4.78, 5) is 14.2. The molecule has 1 amide bonds. The Kier molecular flexibility index (Phi) is 3.62. The zero-order valence-electron chi connectivity index (χ0n) is 10.9. The van der Waals surface area contributed by atoms with E-state index in [2.05, 4.69) is 0 Å². The van der Waals surface area contributed by atoms with Crippen LogP contribution in [-0.4, -0.2) is 28.5 Å². The molecule has 0 saturated heterocycles. The Morgan fingerprint density at radius 2 is 2.00 bits per heavy atom. The molecule has 0 spiro atoms. The minimum absolute atomic E-state index is 0.0507. The molecule has 1 aromatic heterocycles. The molecule has 0 fully saturated rings. The van der Waals surface area contributed by atoms with Gasteiger partial charge in [-0.15, -0.1) is 0 Å². The molecule has 0 radical (unpaired) electrons. The second-order valence-electron chi connectivity index (χ2n) is 4.24. The number of rotatable bonds is 3. The highest BCUT2D eigenvalue weighted by Gasteiger charge is 2.18. The summed E-state index contributed by atoms with van der Waals surface area (Å²) < 4.78 is 1.90. The average molecular weight is 265 g/mol. The van der Waals surface area contributed by atoms with Crippen molar-refractivity contribution < 1.29 is 4.79 Å². The molecular weight excluding hydrogens is 248 g/mol. The van der Waals surface area contributed by atoms with Crippen molar-refractivity contribution in [3.8, 4) is 0 Å². The molecule has 0 saturated carbocycles. The first-order chi connectivity index (χ1) is 8.60. The number of amides is 1. The van der Waals surface area contributed by atoms with Crippen molar-refractivity contribution in [1.29, 1.82) is 0 Å². The molecule has 0 aliphatic heterocycles. The van der Waals surface area contributed by atoms with Gasteiger partial charge in [-0.1, -0.05) is 17.7 Å². The van der Waals surface area contributed by atoms with Crippen LogP contribution in [0.2, 0.25) is 5.02 Å². The first-order valence-electron chi connectivity index (χ1n) is 6.13. The van der Waals surface area contributed by atoms with E-state index < -0.39 is 0 Å². The Hall–Kier alpha value is -1.48. The lowest BCUT2D eigenvalue weighted by atomic mass is 10.2. The largest absolute Gasteiger partial charge is 0.340 e. The lowest BCUT2D eigenvalue weighted by molar-refractivity contribution is 0.0764. The molecule has 0 unspecified atom stereocenters. The fraction of sp³-hybridized carbons (Fsp3) is 0.357. The third-order valence-electron chi connectivity index (χ3n) is 3.30. The zero-order valence-corrected chi connectivity index (χ0v) is 11.7. The smallest absolute Gasteiger partial charge is 0.270 e. The molecule has 0 aliphatic carbocycles. The Morgan fingerprint density at radius 3 is 2.56 bits per heavy atom. The fourth-order valence-corrected chi connectivity index (χ4v) is 2.43. The summed E-state index contributed by atoms with van der Waals surface area (Å²) in [5.41, 5.74) is 1.67. The molecule has 96 valence electrons. The molecule has 1 aromatic carbocycles. The normalized spacial score (nSPS) is 10.9. The van der Waals surface area contributed by atoms with Crippen LogP contribution < -0.4 is 0 Å². The quantitative estimate of drug-likeness (QED) is 0.835. The van der Waals surface area contributed by atoms with Crippen LogP contribution in [0.3, 0.4) is 0 Å². The maximum absolute atomic E-state index is 12.4. The third-order valence-corrected chi connectivity index (χ3v) is 3.63. The van der Waals surface area contributed by atoms with Gasteiger partial charge in [-0.05, 0) is 32.0 Å². The van der Waals surface area contributed by atoms with Crippen LogP contribution in [0.4, 0.5) is 0 Å². The molecule has 18 heavy (non-hydrogen) atoms. The Bertz CT molecular complexity index is 585. The molecule has 4 heteroatoms. The molecule has 0 atom stereocenters. The van der Waals surface area contributed by atoms with Crippen LogP contribution in [0, 0.1) is 0 Å². The topological polar surface area (TPSA) is 25.2 Å². The average Bonchev–Trinajstić information content (AvgIpc) is 2.70. The highest BCUT2D eigenvalue weighted by molar-refractivity contribution is 6.35. The molecule has 0 bridgehead atoms. The summed E-state index contributed by atoms with van der Waals surface area (Å²) in [5, 5.41) is 1.61. The number of benzene rings is 1. The van der Waals surface area contributed by atoms with Crippen molar-refractivity contribution in [1.82, 2.24) is 9.47 Å². The number of nitrogens with zero attached hydrogens (tertiary/aromatic N) is 2. The lowest BCUT2D eigenvalue weighted by Gasteiger charge is -2.18.